The molecular formula is C15H17ClF3N5O4S2. The summed E-state index contributed by atoms with van der Waals surface area (Å²) in [4.78, 5) is 15.5. The summed E-state index contributed by atoms with van der Waals surface area (Å²) < 4.78 is 68.7. The van der Waals surface area contributed by atoms with Crippen LogP contribution in [0, 0.1) is 0 Å². The van der Waals surface area contributed by atoms with Crippen LogP contribution in [-0.4, -0.2) is 72.0 Å². The molecule has 0 aromatic heterocycles. The molecule has 0 bridgehead atoms. The summed E-state index contributed by atoms with van der Waals surface area (Å²) in [5, 5.41) is 5.68. The zero-order valence-electron chi connectivity index (χ0n) is 15.4. The zero-order valence-corrected chi connectivity index (χ0v) is 17.8. The number of carbonyl (C=O) groups is 1. The first kappa shape index (κ1) is 23.1. The molecule has 30 heavy (non-hydrogen) atoms. The standard InChI is InChI=1S/C15H17ClF3N5O4S2/c1-22(10-7-8-20-9-10)23-13(16)21-29-14(23)24(28-12(25)15(17,18)19)30(26,27)11-5-3-2-4-6-11/h2-6,10,14,20H,7-9H2,1H3/t10?,14-/m0/s1. The summed E-state index contributed by atoms with van der Waals surface area (Å²) in [7, 11) is -3.11. The minimum atomic E-state index is -5.41. The van der Waals surface area contributed by atoms with Crippen LogP contribution < -0.4 is 5.32 Å². The molecule has 1 fully saturated rings. The molecule has 2 aliphatic rings. The normalized spacial score (nSPS) is 22.6. The van der Waals surface area contributed by atoms with Gasteiger partial charge in [-0.05, 0) is 36.7 Å². The average Bonchev–Trinajstić information content (AvgIpc) is 3.35. The molecule has 1 aromatic carbocycles. The van der Waals surface area contributed by atoms with Crippen LogP contribution in [0.2, 0.25) is 0 Å². The molecule has 9 nitrogen and oxygen atoms in total. The maximum atomic E-state index is 13.1. The van der Waals surface area contributed by atoms with Crippen molar-refractivity contribution in [2.75, 3.05) is 20.1 Å². The van der Waals surface area contributed by atoms with Crippen molar-refractivity contribution >= 4 is 44.8 Å². The molecule has 2 atom stereocenters. The van der Waals surface area contributed by atoms with E-state index in [1.807, 2.05) is 0 Å². The van der Waals surface area contributed by atoms with Gasteiger partial charge in [0.05, 0.1) is 4.90 Å². The van der Waals surface area contributed by atoms with Gasteiger partial charge < -0.3 is 10.2 Å². The maximum absolute atomic E-state index is 13.1. The Labute approximate surface area is 179 Å². The molecule has 0 radical (unpaired) electrons. The highest BCUT2D eigenvalue weighted by Gasteiger charge is 2.50. The molecule has 1 unspecified atom stereocenters. The van der Waals surface area contributed by atoms with Crippen LogP contribution in [0.4, 0.5) is 13.2 Å². The summed E-state index contributed by atoms with van der Waals surface area (Å²) in [5.74, 6) is -2.68. The third-order valence-corrected chi connectivity index (χ3v) is 7.35. The number of nitrogens with zero attached hydrogens (tertiary/aromatic N) is 4. The van der Waals surface area contributed by atoms with Crippen LogP contribution in [0.15, 0.2) is 39.6 Å². The third kappa shape index (κ3) is 4.68. The van der Waals surface area contributed by atoms with Crippen molar-refractivity contribution in [3.63, 3.8) is 0 Å². The van der Waals surface area contributed by atoms with Crippen molar-refractivity contribution < 1.29 is 31.2 Å². The lowest BCUT2D eigenvalue weighted by atomic mass is 10.2. The number of rotatable bonds is 6. The second-order valence-corrected chi connectivity index (χ2v) is 9.24. The molecule has 0 amide bonds. The van der Waals surface area contributed by atoms with Crippen molar-refractivity contribution in [2.24, 2.45) is 4.40 Å². The van der Waals surface area contributed by atoms with Gasteiger partial charge in [0.2, 0.25) is 10.8 Å². The Morgan fingerprint density at radius 1 is 1.37 bits per heavy atom. The van der Waals surface area contributed by atoms with E-state index in [2.05, 4.69) is 14.6 Å². The lowest BCUT2D eigenvalue weighted by molar-refractivity contribution is -0.230. The van der Waals surface area contributed by atoms with Crippen LogP contribution in [0.5, 0.6) is 0 Å². The van der Waals surface area contributed by atoms with Crippen LogP contribution in [0.25, 0.3) is 0 Å². The number of amidine groups is 1. The molecule has 2 aliphatic heterocycles. The molecule has 1 aromatic rings. The second-order valence-electron chi connectivity index (χ2n) is 6.31. The van der Waals surface area contributed by atoms with Gasteiger partial charge in [-0.25, -0.2) is 23.2 Å². The molecular weight excluding hydrogens is 471 g/mol. The number of hydroxylamine groups is 1. The van der Waals surface area contributed by atoms with Crippen LogP contribution in [-0.2, 0) is 19.7 Å². The zero-order chi connectivity index (χ0) is 22.1. The van der Waals surface area contributed by atoms with E-state index in [0.29, 0.717) is 31.5 Å². The number of sulfonamides is 1. The van der Waals surface area contributed by atoms with E-state index < -0.39 is 27.7 Å². The van der Waals surface area contributed by atoms with Gasteiger partial charge >= 0.3 is 12.1 Å². The number of carbonyl (C=O) groups excluding carboxylic acids is 1. The number of nitrogens with one attached hydrogen (secondary N) is 1. The summed E-state index contributed by atoms with van der Waals surface area (Å²) in [6, 6.07) is 6.51. The number of alkyl halides is 3. The Balaban J connectivity index is 1.99. The average molecular weight is 488 g/mol. The Hall–Kier alpha value is -1.58. The quantitative estimate of drug-likeness (QED) is 0.368. The largest absolute Gasteiger partial charge is 0.492 e. The topological polar surface area (TPSA) is 94.6 Å². The van der Waals surface area contributed by atoms with Gasteiger partial charge in [0.1, 0.15) is 0 Å². The number of halogens is 4. The summed E-state index contributed by atoms with van der Waals surface area (Å²) in [6.07, 6.45) is -4.73. The van der Waals surface area contributed by atoms with Crippen molar-refractivity contribution in [1.82, 2.24) is 19.8 Å². The summed E-state index contributed by atoms with van der Waals surface area (Å²) >= 11 is 6.67. The number of benzene rings is 1. The van der Waals surface area contributed by atoms with Gasteiger partial charge in [0.25, 0.3) is 10.0 Å². The molecule has 1 saturated heterocycles. The fraction of sp³-hybridized carbons (Fsp3) is 0.467. The highest BCUT2D eigenvalue weighted by Crippen LogP contribution is 2.36. The monoisotopic (exact) mass is 487 g/mol. The van der Waals surface area contributed by atoms with E-state index in [1.165, 1.54) is 35.3 Å². The van der Waals surface area contributed by atoms with Gasteiger partial charge in [-0.2, -0.15) is 17.6 Å². The number of hydrazine groups is 1. The molecule has 3 rings (SSSR count). The summed E-state index contributed by atoms with van der Waals surface area (Å²) in [5.41, 5.74) is -1.51. The second kappa shape index (κ2) is 8.88. The lowest BCUT2D eigenvalue weighted by Gasteiger charge is -2.39. The Morgan fingerprint density at radius 3 is 2.60 bits per heavy atom. The Morgan fingerprint density at radius 2 is 2.03 bits per heavy atom. The van der Waals surface area contributed by atoms with Crippen molar-refractivity contribution in [3.05, 3.63) is 30.3 Å². The molecule has 1 N–H and O–H groups in total. The van der Waals surface area contributed by atoms with E-state index in [-0.39, 0.29) is 20.7 Å². The van der Waals surface area contributed by atoms with Crippen molar-refractivity contribution in [2.45, 2.75) is 29.0 Å². The van der Waals surface area contributed by atoms with E-state index in [4.69, 9.17) is 11.6 Å². The number of hydrogen-bond donors (Lipinski definition) is 1. The third-order valence-electron chi connectivity index (χ3n) is 4.39. The minimum Gasteiger partial charge on any atom is -0.342 e. The predicted octanol–water partition coefficient (Wildman–Crippen LogP) is 1.75. The van der Waals surface area contributed by atoms with Gasteiger partial charge in [-0.1, -0.05) is 18.2 Å². The van der Waals surface area contributed by atoms with Crippen LogP contribution >= 0.6 is 23.5 Å². The molecule has 0 aliphatic carbocycles. The summed E-state index contributed by atoms with van der Waals surface area (Å²) in [6.45, 7) is 1.24. The fourth-order valence-electron chi connectivity index (χ4n) is 2.86. The van der Waals surface area contributed by atoms with Crippen molar-refractivity contribution in [1.29, 1.82) is 0 Å². The number of hydrogen-bond acceptors (Lipinski definition) is 9. The Kier molecular flexibility index (Phi) is 6.84. The van der Waals surface area contributed by atoms with Gasteiger partial charge in [0, 0.05) is 36.1 Å². The first-order valence-corrected chi connectivity index (χ1v) is 11.2. The number of likely N-dealkylation sites (N-methyl/N-ethyl adjacent to an activating group) is 1. The fourth-order valence-corrected chi connectivity index (χ4v) is 5.63. The van der Waals surface area contributed by atoms with Crippen LogP contribution in [0.3, 0.4) is 0 Å². The Bertz CT molecular complexity index is 913. The minimum absolute atomic E-state index is 0.0133. The van der Waals surface area contributed by atoms with E-state index >= 15 is 0 Å². The van der Waals surface area contributed by atoms with Crippen LogP contribution in [0.1, 0.15) is 6.42 Å². The predicted molar refractivity (Wildman–Crippen MR) is 103 cm³/mol. The lowest BCUT2D eigenvalue weighted by Crippen LogP contribution is -2.57. The van der Waals surface area contributed by atoms with Gasteiger partial charge in [-0.15, -0.1) is 0 Å². The van der Waals surface area contributed by atoms with E-state index in [9.17, 15) is 26.4 Å². The molecule has 0 spiro atoms. The molecule has 0 saturated carbocycles. The van der Waals surface area contributed by atoms with Gasteiger partial charge in [-0.3, -0.25) is 0 Å². The molecule has 2 heterocycles. The van der Waals surface area contributed by atoms with Crippen molar-refractivity contribution in [3.8, 4) is 0 Å². The maximum Gasteiger partial charge on any atom is 0.492 e. The highest BCUT2D eigenvalue weighted by molar-refractivity contribution is 8.00. The van der Waals surface area contributed by atoms with E-state index in [1.54, 1.807) is 12.1 Å². The van der Waals surface area contributed by atoms with E-state index in [0.717, 1.165) is 0 Å². The first-order valence-electron chi connectivity index (χ1n) is 8.54. The smallest absolute Gasteiger partial charge is 0.342 e. The molecule has 15 heteroatoms. The highest BCUT2D eigenvalue weighted by atomic mass is 35.5. The van der Waals surface area contributed by atoms with Gasteiger partial charge in [0.15, 0.2) is 0 Å². The first-order chi connectivity index (χ1) is 14.0. The SMILES string of the molecule is CN(C1CCNC1)N1C(Cl)=NS[C@@H]1N(OC(=O)C(F)(F)F)S(=O)(=O)c1ccccc1. The molecule has 166 valence electrons.